The van der Waals surface area contributed by atoms with Crippen LogP contribution in [-0.2, 0) is 4.79 Å². The number of halogens is 3. The normalized spacial score (nSPS) is 15.8. The summed E-state index contributed by atoms with van der Waals surface area (Å²) in [6.07, 6.45) is 2.32. The molecule has 1 aliphatic heterocycles. The molecule has 2 rings (SSSR count). The van der Waals surface area contributed by atoms with Crippen LogP contribution < -0.4 is 10.2 Å². The summed E-state index contributed by atoms with van der Waals surface area (Å²) in [5.74, 6) is -0.640. The third kappa shape index (κ3) is 3.22. The highest BCUT2D eigenvalue weighted by atomic mass is 35.6. The molecule has 1 aliphatic rings. The number of carbonyl (C=O) groups is 1. The zero-order valence-electron chi connectivity index (χ0n) is 9.63. The number of rotatable bonds is 2. The number of carbonyl (C=O) groups excluding carboxylic acids is 1. The first-order valence-corrected chi connectivity index (χ1v) is 6.84. The molecule has 1 aromatic rings. The molecule has 0 aromatic heterocycles. The average Bonchev–Trinajstić information content (AvgIpc) is 2.82. The largest absolute Gasteiger partial charge is 0.370 e. The van der Waals surface area contributed by atoms with E-state index in [2.05, 4.69) is 10.2 Å². The van der Waals surface area contributed by atoms with Crippen LogP contribution in [0.5, 0.6) is 0 Å². The molecule has 0 aliphatic carbocycles. The summed E-state index contributed by atoms with van der Waals surface area (Å²) in [7, 11) is 0. The first-order valence-electron chi connectivity index (χ1n) is 5.70. The van der Waals surface area contributed by atoms with Crippen LogP contribution in [0.3, 0.4) is 0 Å². The molecule has 1 amide bonds. The molecule has 98 valence electrons. The van der Waals surface area contributed by atoms with Crippen LogP contribution in [0.2, 0.25) is 0 Å². The maximum atomic E-state index is 11.7. The first-order chi connectivity index (χ1) is 8.48. The monoisotopic (exact) mass is 306 g/mol. The van der Waals surface area contributed by atoms with Gasteiger partial charge < -0.3 is 10.2 Å². The third-order valence-electron chi connectivity index (χ3n) is 2.86. The van der Waals surface area contributed by atoms with Crippen molar-refractivity contribution in [1.82, 2.24) is 0 Å². The lowest BCUT2D eigenvalue weighted by molar-refractivity contribution is -0.115. The second-order valence-electron chi connectivity index (χ2n) is 4.16. The predicted molar refractivity (Wildman–Crippen MR) is 76.8 cm³/mol. The molecule has 0 radical (unpaired) electrons. The van der Waals surface area contributed by atoms with Crippen molar-refractivity contribution in [3.63, 3.8) is 0 Å². The van der Waals surface area contributed by atoms with Crippen molar-refractivity contribution < 1.29 is 4.79 Å². The standard InChI is InChI=1S/C12H13Cl3N2O/c13-12(14,15)11(18)16-9-5-1-2-6-10(9)17-7-3-4-8-17/h1-2,5-6H,3-4,7-8H2,(H,16,18). The lowest BCUT2D eigenvalue weighted by Crippen LogP contribution is -2.28. The van der Waals surface area contributed by atoms with Gasteiger partial charge in [-0.1, -0.05) is 46.9 Å². The molecule has 0 saturated carbocycles. The van der Waals surface area contributed by atoms with E-state index >= 15 is 0 Å². The molecule has 0 unspecified atom stereocenters. The minimum absolute atomic E-state index is 0.640. The van der Waals surface area contributed by atoms with Gasteiger partial charge in [0.05, 0.1) is 11.4 Å². The highest BCUT2D eigenvalue weighted by molar-refractivity contribution is 6.76. The van der Waals surface area contributed by atoms with Crippen molar-refractivity contribution >= 4 is 52.1 Å². The van der Waals surface area contributed by atoms with Gasteiger partial charge in [0.25, 0.3) is 9.70 Å². The minimum Gasteiger partial charge on any atom is -0.370 e. The zero-order valence-corrected chi connectivity index (χ0v) is 11.9. The van der Waals surface area contributed by atoms with E-state index in [0.29, 0.717) is 5.69 Å². The van der Waals surface area contributed by atoms with Gasteiger partial charge in [0.1, 0.15) is 0 Å². The number of anilines is 2. The van der Waals surface area contributed by atoms with E-state index in [-0.39, 0.29) is 0 Å². The Morgan fingerprint density at radius 3 is 2.39 bits per heavy atom. The lowest BCUT2D eigenvalue weighted by Gasteiger charge is -2.22. The van der Waals surface area contributed by atoms with Gasteiger partial charge in [0.15, 0.2) is 0 Å². The second kappa shape index (κ2) is 5.55. The van der Waals surface area contributed by atoms with E-state index in [4.69, 9.17) is 34.8 Å². The first kappa shape index (κ1) is 13.8. The van der Waals surface area contributed by atoms with Gasteiger partial charge in [0, 0.05) is 13.1 Å². The summed E-state index contributed by atoms with van der Waals surface area (Å²) in [6, 6.07) is 7.54. The van der Waals surface area contributed by atoms with E-state index < -0.39 is 9.70 Å². The molecule has 0 spiro atoms. The summed E-state index contributed by atoms with van der Waals surface area (Å²) in [5.41, 5.74) is 1.65. The smallest absolute Gasteiger partial charge is 0.276 e. The Bertz CT molecular complexity index is 439. The van der Waals surface area contributed by atoms with Gasteiger partial charge >= 0.3 is 0 Å². The van der Waals surface area contributed by atoms with Crippen molar-refractivity contribution in [2.45, 2.75) is 16.6 Å². The van der Waals surface area contributed by atoms with Gasteiger partial charge in [-0.05, 0) is 25.0 Å². The predicted octanol–water partition coefficient (Wildman–Crippen LogP) is 3.60. The number of amides is 1. The molecule has 1 heterocycles. The van der Waals surface area contributed by atoms with Crippen molar-refractivity contribution in [2.75, 3.05) is 23.3 Å². The quantitative estimate of drug-likeness (QED) is 0.847. The summed E-state index contributed by atoms with van der Waals surface area (Å²) in [6.45, 7) is 1.97. The summed E-state index contributed by atoms with van der Waals surface area (Å²) in [4.78, 5) is 13.9. The zero-order chi connectivity index (χ0) is 13.2. The molecule has 18 heavy (non-hydrogen) atoms. The molecule has 3 nitrogen and oxygen atoms in total. The molecular weight excluding hydrogens is 295 g/mol. The number of nitrogens with zero attached hydrogens (tertiary/aromatic N) is 1. The summed E-state index contributed by atoms with van der Waals surface area (Å²) < 4.78 is -1.95. The van der Waals surface area contributed by atoms with Crippen molar-refractivity contribution in [3.8, 4) is 0 Å². The topological polar surface area (TPSA) is 32.3 Å². The molecule has 1 saturated heterocycles. The highest BCUT2D eigenvalue weighted by Crippen LogP contribution is 2.32. The minimum atomic E-state index is -1.95. The fourth-order valence-electron chi connectivity index (χ4n) is 2.01. The van der Waals surface area contributed by atoms with Crippen molar-refractivity contribution in [1.29, 1.82) is 0 Å². The van der Waals surface area contributed by atoms with Crippen LogP contribution in [0.1, 0.15) is 12.8 Å². The summed E-state index contributed by atoms with van der Waals surface area (Å²) >= 11 is 16.7. The van der Waals surface area contributed by atoms with Crippen molar-refractivity contribution in [2.24, 2.45) is 0 Å². The number of hydrogen-bond acceptors (Lipinski definition) is 2. The van der Waals surface area contributed by atoms with Gasteiger partial charge in [0.2, 0.25) is 0 Å². The Labute approximate surface area is 121 Å². The van der Waals surface area contributed by atoms with Gasteiger partial charge in [-0.25, -0.2) is 0 Å². The molecule has 6 heteroatoms. The average molecular weight is 308 g/mol. The van der Waals surface area contributed by atoms with Crippen LogP contribution in [0.4, 0.5) is 11.4 Å². The molecule has 1 N–H and O–H groups in total. The number of para-hydroxylation sites is 2. The Hall–Kier alpha value is -0.640. The third-order valence-corrected chi connectivity index (χ3v) is 3.37. The Morgan fingerprint density at radius 1 is 1.17 bits per heavy atom. The van der Waals surface area contributed by atoms with E-state index in [0.717, 1.165) is 31.6 Å². The molecule has 1 fully saturated rings. The molecule has 0 atom stereocenters. The van der Waals surface area contributed by atoms with Crippen molar-refractivity contribution in [3.05, 3.63) is 24.3 Å². The molecular formula is C12H13Cl3N2O. The van der Waals surface area contributed by atoms with Crippen LogP contribution in [0.15, 0.2) is 24.3 Å². The fourth-order valence-corrected chi connectivity index (χ4v) is 2.15. The Morgan fingerprint density at radius 2 is 1.78 bits per heavy atom. The molecule has 0 bridgehead atoms. The highest BCUT2D eigenvalue weighted by Gasteiger charge is 2.31. The van der Waals surface area contributed by atoms with Crippen LogP contribution >= 0.6 is 34.8 Å². The maximum absolute atomic E-state index is 11.7. The fraction of sp³-hybridized carbons (Fsp3) is 0.417. The van der Waals surface area contributed by atoms with Crippen LogP contribution in [0.25, 0.3) is 0 Å². The van der Waals surface area contributed by atoms with E-state index in [1.165, 1.54) is 0 Å². The second-order valence-corrected chi connectivity index (χ2v) is 6.44. The lowest BCUT2D eigenvalue weighted by atomic mass is 10.2. The van der Waals surface area contributed by atoms with Gasteiger partial charge in [-0.3, -0.25) is 4.79 Å². The number of alkyl halides is 3. The van der Waals surface area contributed by atoms with Gasteiger partial charge in [-0.15, -0.1) is 0 Å². The SMILES string of the molecule is O=C(Nc1ccccc1N1CCCC1)C(Cl)(Cl)Cl. The van der Waals surface area contributed by atoms with Crippen LogP contribution in [-0.4, -0.2) is 22.8 Å². The Kier molecular flexibility index (Phi) is 4.25. The summed E-state index contributed by atoms with van der Waals surface area (Å²) in [5, 5.41) is 2.65. The Balaban J connectivity index is 2.20. The number of nitrogens with one attached hydrogen (secondary N) is 1. The maximum Gasteiger partial charge on any atom is 0.276 e. The molecule has 1 aromatic carbocycles. The number of benzene rings is 1. The number of hydrogen-bond donors (Lipinski definition) is 1. The van der Waals surface area contributed by atoms with E-state index in [1.54, 1.807) is 0 Å². The van der Waals surface area contributed by atoms with E-state index in [1.807, 2.05) is 24.3 Å². The van der Waals surface area contributed by atoms with Gasteiger partial charge in [-0.2, -0.15) is 0 Å². The van der Waals surface area contributed by atoms with E-state index in [9.17, 15) is 4.79 Å². The van der Waals surface area contributed by atoms with Crippen LogP contribution in [0, 0.1) is 0 Å².